The summed E-state index contributed by atoms with van der Waals surface area (Å²) in [5, 5.41) is 0.910. The van der Waals surface area contributed by atoms with E-state index < -0.39 is 5.82 Å². The topological polar surface area (TPSA) is 42.4 Å². The van der Waals surface area contributed by atoms with E-state index in [-0.39, 0.29) is 11.7 Å². The van der Waals surface area contributed by atoms with E-state index in [1.165, 1.54) is 13.2 Å². The van der Waals surface area contributed by atoms with Crippen molar-refractivity contribution in [1.82, 2.24) is 9.88 Å². The van der Waals surface area contributed by atoms with Crippen LogP contribution < -0.4 is 4.74 Å². The molecule has 0 aliphatic rings. The molecule has 0 aliphatic heterocycles. The fourth-order valence-electron chi connectivity index (χ4n) is 2.59. The number of hydrogen-bond acceptors (Lipinski definition) is 4. The number of hydrogen-bond donors (Lipinski definition) is 0. The predicted molar refractivity (Wildman–Crippen MR) is 97.4 cm³/mol. The Bertz CT molecular complexity index is 861. The van der Waals surface area contributed by atoms with Crippen molar-refractivity contribution >= 4 is 27.5 Å². The monoisotopic (exact) mass is 358 g/mol. The van der Waals surface area contributed by atoms with Crippen LogP contribution in [0.3, 0.4) is 0 Å². The SMILES string of the molecule is COc1ccc(CCC(=O)N(C)Cc2nc3ccccc3s2)cc1F. The van der Waals surface area contributed by atoms with Gasteiger partial charge in [0.1, 0.15) is 5.01 Å². The van der Waals surface area contributed by atoms with Gasteiger partial charge in [-0.1, -0.05) is 18.2 Å². The largest absolute Gasteiger partial charge is 0.494 e. The van der Waals surface area contributed by atoms with E-state index in [2.05, 4.69) is 4.98 Å². The molecule has 0 unspecified atom stereocenters. The lowest BCUT2D eigenvalue weighted by Gasteiger charge is -2.15. The highest BCUT2D eigenvalue weighted by molar-refractivity contribution is 7.18. The first kappa shape index (κ1) is 17.4. The number of halogens is 1. The van der Waals surface area contributed by atoms with Crippen LogP contribution in [0.5, 0.6) is 5.75 Å². The number of para-hydroxylation sites is 1. The van der Waals surface area contributed by atoms with Gasteiger partial charge in [0.25, 0.3) is 0 Å². The highest BCUT2D eigenvalue weighted by Gasteiger charge is 2.13. The van der Waals surface area contributed by atoms with Gasteiger partial charge in [-0.3, -0.25) is 4.79 Å². The number of ether oxygens (including phenoxy) is 1. The molecule has 0 fully saturated rings. The van der Waals surface area contributed by atoms with Crippen molar-refractivity contribution in [3.05, 3.63) is 58.9 Å². The van der Waals surface area contributed by atoms with E-state index in [4.69, 9.17) is 4.74 Å². The summed E-state index contributed by atoms with van der Waals surface area (Å²) in [6.45, 7) is 0.481. The second-order valence-electron chi connectivity index (χ2n) is 5.79. The number of aryl methyl sites for hydroxylation is 1. The molecule has 0 bridgehead atoms. The van der Waals surface area contributed by atoms with Crippen molar-refractivity contribution in [2.75, 3.05) is 14.2 Å². The van der Waals surface area contributed by atoms with Crippen LogP contribution in [-0.4, -0.2) is 29.9 Å². The lowest BCUT2D eigenvalue weighted by molar-refractivity contribution is -0.130. The molecule has 0 saturated carbocycles. The third-order valence-electron chi connectivity index (χ3n) is 3.98. The lowest BCUT2D eigenvalue weighted by Crippen LogP contribution is -2.26. The van der Waals surface area contributed by atoms with Gasteiger partial charge >= 0.3 is 0 Å². The molecule has 1 aromatic heterocycles. The van der Waals surface area contributed by atoms with E-state index in [1.54, 1.807) is 35.4 Å². The summed E-state index contributed by atoms with van der Waals surface area (Å²) in [7, 11) is 3.20. The van der Waals surface area contributed by atoms with E-state index in [0.717, 1.165) is 20.8 Å². The number of nitrogens with zero attached hydrogens (tertiary/aromatic N) is 2. The second-order valence-corrected chi connectivity index (χ2v) is 6.91. The molecule has 1 amide bonds. The van der Waals surface area contributed by atoms with E-state index in [1.807, 2.05) is 24.3 Å². The number of rotatable bonds is 6. The zero-order valence-corrected chi connectivity index (χ0v) is 15.0. The molecule has 1 heterocycles. The lowest BCUT2D eigenvalue weighted by atomic mass is 10.1. The van der Waals surface area contributed by atoms with E-state index >= 15 is 0 Å². The van der Waals surface area contributed by atoms with Crippen LogP contribution >= 0.6 is 11.3 Å². The normalized spacial score (nSPS) is 10.8. The number of aromatic nitrogens is 1. The molecular formula is C19H19FN2O2S. The molecule has 6 heteroatoms. The average molecular weight is 358 g/mol. The summed E-state index contributed by atoms with van der Waals surface area (Å²) in [6.07, 6.45) is 0.817. The van der Waals surface area contributed by atoms with Crippen LogP contribution in [0.15, 0.2) is 42.5 Å². The van der Waals surface area contributed by atoms with Crippen LogP contribution in [0.2, 0.25) is 0 Å². The van der Waals surface area contributed by atoms with Gasteiger partial charge in [0, 0.05) is 13.5 Å². The fraction of sp³-hybridized carbons (Fsp3) is 0.263. The molecule has 2 aromatic carbocycles. The van der Waals surface area contributed by atoms with Crippen molar-refractivity contribution < 1.29 is 13.9 Å². The maximum Gasteiger partial charge on any atom is 0.223 e. The summed E-state index contributed by atoms with van der Waals surface area (Å²) >= 11 is 1.60. The molecule has 0 atom stereocenters. The number of thiazole rings is 1. The number of fused-ring (bicyclic) bond motifs is 1. The van der Waals surface area contributed by atoms with Crippen molar-refractivity contribution in [3.8, 4) is 5.75 Å². The van der Waals surface area contributed by atoms with Crippen molar-refractivity contribution in [1.29, 1.82) is 0 Å². The third-order valence-corrected chi connectivity index (χ3v) is 5.00. The first-order valence-electron chi connectivity index (χ1n) is 7.97. The minimum Gasteiger partial charge on any atom is -0.494 e. The Morgan fingerprint density at radius 2 is 2.08 bits per heavy atom. The van der Waals surface area contributed by atoms with Crippen LogP contribution in [0.25, 0.3) is 10.2 Å². The van der Waals surface area contributed by atoms with Gasteiger partial charge in [0.15, 0.2) is 11.6 Å². The summed E-state index contributed by atoms with van der Waals surface area (Å²) < 4.78 is 19.7. The van der Waals surface area contributed by atoms with Crippen molar-refractivity contribution in [3.63, 3.8) is 0 Å². The molecule has 3 rings (SSSR count). The van der Waals surface area contributed by atoms with Gasteiger partial charge < -0.3 is 9.64 Å². The summed E-state index contributed by atoms with van der Waals surface area (Å²) in [5.41, 5.74) is 1.73. The highest BCUT2D eigenvalue weighted by Crippen LogP contribution is 2.23. The molecular weight excluding hydrogens is 339 g/mol. The van der Waals surface area contributed by atoms with Crippen molar-refractivity contribution in [2.24, 2.45) is 0 Å². The zero-order valence-electron chi connectivity index (χ0n) is 14.2. The molecule has 0 spiro atoms. The average Bonchev–Trinajstić information content (AvgIpc) is 3.01. The minimum atomic E-state index is -0.407. The number of carbonyl (C=O) groups excluding carboxylic acids is 1. The van der Waals surface area contributed by atoms with Gasteiger partial charge in [-0.15, -0.1) is 11.3 Å². The standard InChI is InChI=1S/C19H19FN2O2S/c1-22(12-18-21-15-5-3-4-6-17(15)25-18)19(23)10-8-13-7-9-16(24-2)14(20)11-13/h3-7,9,11H,8,10,12H2,1-2H3. The molecule has 0 saturated heterocycles. The number of amides is 1. The van der Waals surface area contributed by atoms with Gasteiger partial charge in [-0.2, -0.15) is 0 Å². The molecule has 25 heavy (non-hydrogen) atoms. The van der Waals surface area contributed by atoms with E-state index in [9.17, 15) is 9.18 Å². The van der Waals surface area contributed by atoms with Crippen LogP contribution in [0.4, 0.5) is 4.39 Å². The van der Waals surface area contributed by atoms with Gasteiger partial charge in [0.05, 0.1) is 23.9 Å². The molecule has 130 valence electrons. The zero-order chi connectivity index (χ0) is 17.8. The predicted octanol–water partition coefficient (Wildman–Crippen LogP) is 4.04. The Hall–Kier alpha value is -2.47. The summed E-state index contributed by atoms with van der Waals surface area (Å²) in [4.78, 5) is 18.5. The van der Waals surface area contributed by atoms with Crippen LogP contribution in [0, 0.1) is 5.82 Å². The van der Waals surface area contributed by atoms with Gasteiger partial charge in [0.2, 0.25) is 5.91 Å². The Morgan fingerprint density at radius 1 is 1.28 bits per heavy atom. The Kier molecular flexibility index (Phi) is 5.28. The Labute approximate surface area is 149 Å². The van der Waals surface area contributed by atoms with Gasteiger partial charge in [-0.05, 0) is 36.2 Å². The third kappa shape index (κ3) is 4.14. The second kappa shape index (κ2) is 7.61. The molecule has 4 nitrogen and oxygen atoms in total. The highest BCUT2D eigenvalue weighted by atomic mass is 32.1. The molecule has 3 aromatic rings. The minimum absolute atomic E-state index is 0.00971. The Morgan fingerprint density at radius 3 is 2.80 bits per heavy atom. The number of benzene rings is 2. The molecule has 0 radical (unpaired) electrons. The van der Waals surface area contributed by atoms with Crippen molar-refractivity contribution in [2.45, 2.75) is 19.4 Å². The molecule has 0 N–H and O–H groups in total. The van der Waals surface area contributed by atoms with Crippen LogP contribution in [0.1, 0.15) is 17.0 Å². The molecule has 0 aliphatic carbocycles. The maximum absolute atomic E-state index is 13.7. The van der Waals surface area contributed by atoms with Gasteiger partial charge in [-0.25, -0.2) is 9.37 Å². The first-order chi connectivity index (χ1) is 12.1. The summed E-state index contributed by atoms with van der Waals surface area (Å²) in [6, 6.07) is 12.7. The smallest absolute Gasteiger partial charge is 0.223 e. The number of methoxy groups -OCH3 is 1. The quantitative estimate of drug-likeness (QED) is 0.668. The Balaban J connectivity index is 1.58. The maximum atomic E-state index is 13.7. The van der Waals surface area contributed by atoms with E-state index in [0.29, 0.717) is 19.4 Å². The van der Waals surface area contributed by atoms with Crippen LogP contribution in [-0.2, 0) is 17.8 Å². The fourth-order valence-corrected chi connectivity index (χ4v) is 3.61. The summed E-state index contributed by atoms with van der Waals surface area (Å²) in [5.74, 6) is -0.186. The number of carbonyl (C=O) groups is 1. The first-order valence-corrected chi connectivity index (χ1v) is 8.79.